The topological polar surface area (TPSA) is 46.4 Å². The van der Waals surface area contributed by atoms with E-state index in [0.717, 1.165) is 23.0 Å². The van der Waals surface area contributed by atoms with Crippen molar-refractivity contribution in [1.82, 2.24) is 9.99 Å². The smallest absolute Gasteiger partial charge is 0.271 e. The van der Waals surface area contributed by atoms with E-state index in [-0.39, 0.29) is 5.91 Å². The predicted molar refractivity (Wildman–Crippen MR) is 114 cm³/mol. The Morgan fingerprint density at radius 3 is 2.46 bits per heavy atom. The molecule has 5 heteroatoms. The van der Waals surface area contributed by atoms with Gasteiger partial charge in [-0.25, -0.2) is 5.43 Å². The molecule has 1 aromatic heterocycles. The summed E-state index contributed by atoms with van der Waals surface area (Å²) in [5.74, 6) is -0.277. The number of fused-ring (bicyclic) bond motifs is 1. The minimum Gasteiger partial charge on any atom is -0.342 e. The Bertz CT molecular complexity index is 1130. The SMILES string of the molecule is O=C(NN=Cc1cn(Cc2ccccc2)c2ccccc12)c1ccc(Cl)cc1. The number of nitrogens with zero attached hydrogens (tertiary/aromatic N) is 2. The maximum absolute atomic E-state index is 12.2. The number of rotatable bonds is 5. The van der Waals surface area contributed by atoms with Gasteiger partial charge < -0.3 is 4.57 Å². The molecule has 4 aromatic rings. The molecule has 0 atom stereocenters. The summed E-state index contributed by atoms with van der Waals surface area (Å²) in [6.07, 6.45) is 3.73. The molecule has 0 bridgehead atoms. The van der Waals surface area contributed by atoms with Crippen LogP contribution in [0, 0.1) is 0 Å². The number of carbonyl (C=O) groups excluding carboxylic acids is 1. The molecule has 0 radical (unpaired) electrons. The molecular formula is C23H18ClN3O. The van der Waals surface area contributed by atoms with Crippen molar-refractivity contribution in [2.45, 2.75) is 6.54 Å². The number of hydrazone groups is 1. The van der Waals surface area contributed by atoms with E-state index in [4.69, 9.17) is 11.6 Å². The summed E-state index contributed by atoms with van der Waals surface area (Å²) in [6.45, 7) is 0.770. The lowest BCUT2D eigenvalue weighted by Crippen LogP contribution is -2.17. The van der Waals surface area contributed by atoms with Gasteiger partial charge in [-0.15, -0.1) is 0 Å². The fraction of sp³-hybridized carbons (Fsp3) is 0.0435. The molecule has 138 valence electrons. The van der Waals surface area contributed by atoms with Crippen molar-refractivity contribution in [3.05, 3.63) is 107 Å². The van der Waals surface area contributed by atoms with E-state index in [1.54, 1.807) is 30.5 Å². The van der Waals surface area contributed by atoms with Gasteiger partial charge in [0.25, 0.3) is 5.91 Å². The zero-order chi connectivity index (χ0) is 19.3. The highest BCUT2D eigenvalue weighted by Gasteiger charge is 2.08. The molecule has 0 unspecified atom stereocenters. The summed E-state index contributed by atoms with van der Waals surface area (Å²) in [5, 5.41) is 5.82. The highest BCUT2D eigenvalue weighted by atomic mass is 35.5. The van der Waals surface area contributed by atoms with E-state index in [1.165, 1.54) is 5.56 Å². The molecule has 3 aromatic carbocycles. The number of aromatic nitrogens is 1. The van der Waals surface area contributed by atoms with Gasteiger partial charge in [-0.05, 0) is 35.9 Å². The van der Waals surface area contributed by atoms with E-state index < -0.39 is 0 Å². The van der Waals surface area contributed by atoms with Crippen molar-refractivity contribution in [2.75, 3.05) is 0 Å². The lowest BCUT2D eigenvalue weighted by molar-refractivity contribution is 0.0955. The molecule has 0 aliphatic carbocycles. The Hall–Kier alpha value is -3.37. The third-order valence-corrected chi connectivity index (χ3v) is 4.74. The van der Waals surface area contributed by atoms with Gasteiger partial charge in [0.05, 0.1) is 6.21 Å². The number of hydrogen-bond donors (Lipinski definition) is 1. The van der Waals surface area contributed by atoms with E-state index in [9.17, 15) is 4.79 Å². The number of para-hydroxylation sites is 1. The fourth-order valence-electron chi connectivity index (χ4n) is 3.12. The van der Waals surface area contributed by atoms with Crippen LogP contribution in [0.3, 0.4) is 0 Å². The first-order chi connectivity index (χ1) is 13.7. The highest BCUT2D eigenvalue weighted by Crippen LogP contribution is 2.21. The van der Waals surface area contributed by atoms with Crippen molar-refractivity contribution < 1.29 is 4.79 Å². The van der Waals surface area contributed by atoms with Crippen LogP contribution in [0.1, 0.15) is 21.5 Å². The molecule has 1 heterocycles. The minimum atomic E-state index is -0.277. The number of hydrogen-bond acceptors (Lipinski definition) is 2. The normalized spacial score (nSPS) is 11.2. The molecule has 0 aliphatic rings. The van der Waals surface area contributed by atoms with Crippen LogP contribution in [-0.4, -0.2) is 16.7 Å². The lowest BCUT2D eigenvalue weighted by Gasteiger charge is -2.05. The summed E-state index contributed by atoms with van der Waals surface area (Å²) < 4.78 is 2.19. The lowest BCUT2D eigenvalue weighted by atomic mass is 10.2. The van der Waals surface area contributed by atoms with Crippen LogP contribution < -0.4 is 5.43 Å². The Morgan fingerprint density at radius 1 is 0.964 bits per heavy atom. The monoisotopic (exact) mass is 387 g/mol. The van der Waals surface area contributed by atoms with Gasteiger partial charge in [0.2, 0.25) is 0 Å². The van der Waals surface area contributed by atoms with Crippen LogP contribution in [0.25, 0.3) is 10.9 Å². The number of nitrogens with one attached hydrogen (secondary N) is 1. The third-order valence-electron chi connectivity index (χ3n) is 4.49. The van der Waals surface area contributed by atoms with E-state index >= 15 is 0 Å². The van der Waals surface area contributed by atoms with Crippen molar-refractivity contribution in [2.24, 2.45) is 5.10 Å². The summed E-state index contributed by atoms with van der Waals surface area (Å²) in [5.41, 5.74) is 6.37. The first-order valence-corrected chi connectivity index (χ1v) is 9.29. The molecule has 0 saturated carbocycles. The summed E-state index contributed by atoms with van der Waals surface area (Å²) in [6, 6.07) is 25.1. The predicted octanol–water partition coefficient (Wildman–Crippen LogP) is 5.11. The first kappa shape index (κ1) is 18.0. The van der Waals surface area contributed by atoms with Gasteiger partial charge in [0, 0.05) is 39.8 Å². The fourth-order valence-corrected chi connectivity index (χ4v) is 3.24. The second kappa shape index (κ2) is 8.11. The number of halogens is 1. The van der Waals surface area contributed by atoms with E-state index in [0.29, 0.717) is 10.6 Å². The Balaban J connectivity index is 1.56. The van der Waals surface area contributed by atoms with Crippen LogP contribution in [-0.2, 0) is 6.54 Å². The summed E-state index contributed by atoms with van der Waals surface area (Å²) in [7, 11) is 0. The standard InChI is InChI=1S/C23H18ClN3O/c24-20-12-10-18(11-13-20)23(28)26-25-14-19-16-27(15-17-6-2-1-3-7-17)22-9-5-4-8-21(19)22/h1-14,16H,15H2,(H,26,28). The third kappa shape index (κ3) is 3.97. The van der Waals surface area contributed by atoms with E-state index in [2.05, 4.69) is 45.6 Å². The van der Waals surface area contributed by atoms with Crippen LogP contribution in [0.5, 0.6) is 0 Å². The van der Waals surface area contributed by atoms with Crippen molar-refractivity contribution in [3.63, 3.8) is 0 Å². The van der Waals surface area contributed by atoms with Gasteiger partial charge >= 0.3 is 0 Å². The van der Waals surface area contributed by atoms with Gasteiger partial charge in [-0.1, -0.05) is 60.1 Å². The summed E-state index contributed by atoms with van der Waals surface area (Å²) >= 11 is 5.85. The molecule has 0 fully saturated rings. The quantitative estimate of drug-likeness (QED) is 0.375. The maximum atomic E-state index is 12.2. The van der Waals surface area contributed by atoms with Gasteiger partial charge in [0.1, 0.15) is 0 Å². The summed E-state index contributed by atoms with van der Waals surface area (Å²) in [4.78, 5) is 12.2. The van der Waals surface area contributed by atoms with Crippen molar-refractivity contribution in [1.29, 1.82) is 0 Å². The average molecular weight is 388 g/mol. The molecule has 1 amide bonds. The van der Waals surface area contributed by atoms with Gasteiger partial charge in [0.15, 0.2) is 0 Å². The van der Waals surface area contributed by atoms with Crippen LogP contribution in [0.2, 0.25) is 5.02 Å². The van der Waals surface area contributed by atoms with Crippen LogP contribution >= 0.6 is 11.6 Å². The highest BCUT2D eigenvalue weighted by molar-refractivity contribution is 6.30. The van der Waals surface area contributed by atoms with Gasteiger partial charge in [-0.3, -0.25) is 4.79 Å². The second-order valence-electron chi connectivity index (χ2n) is 6.42. The minimum absolute atomic E-state index is 0.277. The molecule has 0 saturated heterocycles. The Morgan fingerprint density at radius 2 is 1.68 bits per heavy atom. The Kier molecular flexibility index (Phi) is 5.22. The molecule has 1 N–H and O–H groups in total. The van der Waals surface area contributed by atoms with E-state index in [1.807, 2.05) is 30.3 Å². The Labute approximate surface area is 168 Å². The number of amides is 1. The first-order valence-electron chi connectivity index (χ1n) is 8.91. The number of carbonyl (C=O) groups is 1. The van der Waals surface area contributed by atoms with Crippen molar-refractivity contribution in [3.8, 4) is 0 Å². The molecule has 28 heavy (non-hydrogen) atoms. The molecule has 0 spiro atoms. The zero-order valence-electron chi connectivity index (χ0n) is 15.0. The maximum Gasteiger partial charge on any atom is 0.271 e. The zero-order valence-corrected chi connectivity index (χ0v) is 15.8. The van der Waals surface area contributed by atoms with Crippen LogP contribution in [0.15, 0.2) is 90.2 Å². The molecule has 4 rings (SSSR count). The molecule has 4 nitrogen and oxygen atoms in total. The van der Waals surface area contributed by atoms with Gasteiger partial charge in [-0.2, -0.15) is 5.10 Å². The average Bonchev–Trinajstić information content (AvgIpc) is 3.07. The molecular weight excluding hydrogens is 370 g/mol. The largest absolute Gasteiger partial charge is 0.342 e. The van der Waals surface area contributed by atoms with Crippen molar-refractivity contribution >= 4 is 34.6 Å². The van der Waals surface area contributed by atoms with Crippen LogP contribution in [0.4, 0.5) is 0 Å². The number of benzene rings is 3. The molecule has 0 aliphatic heterocycles. The second-order valence-corrected chi connectivity index (χ2v) is 6.86.